The van der Waals surface area contributed by atoms with Crippen LogP contribution in [0.2, 0.25) is 5.02 Å². The topological polar surface area (TPSA) is 43.8 Å². The lowest BCUT2D eigenvalue weighted by molar-refractivity contribution is 0.495. The van der Waals surface area contributed by atoms with Gasteiger partial charge in [0.15, 0.2) is 0 Å². The van der Waals surface area contributed by atoms with Gasteiger partial charge in [0, 0.05) is 17.0 Å². The summed E-state index contributed by atoms with van der Waals surface area (Å²) in [5, 5.41) is 5.81. The van der Waals surface area contributed by atoms with Gasteiger partial charge in [0.05, 0.1) is 23.0 Å². The molecule has 18 heavy (non-hydrogen) atoms. The summed E-state index contributed by atoms with van der Waals surface area (Å²) in [6.45, 7) is 4.20. The van der Waals surface area contributed by atoms with Crippen molar-refractivity contribution in [2.75, 3.05) is 5.75 Å². The maximum atomic E-state index is 6.29. The summed E-state index contributed by atoms with van der Waals surface area (Å²) in [5.74, 6) is 0.933. The Morgan fingerprint density at radius 3 is 2.78 bits per heavy atom. The molecule has 1 aromatic rings. The van der Waals surface area contributed by atoms with E-state index < -0.39 is 0 Å². The molecule has 1 unspecified atom stereocenters. The van der Waals surface area contributed by atoms with Crippen molar-refractivity contribution in [3.8, 4) is 0 Å². The summed E-state index contributed by atoms with van der Waals surface area (Å²) in [5.41, 5.74) is 7.27. The highest BCUT2D eigenvalue weighted by molar-refractivity contribution is 7.99. The van der Waals surface area contributed by atoms with Gasteiger partial charge in [-0.1, -0.05) is 24.4 Å². The lowest BCUT2D eigenvalue weighted by atomic mass is 10.2. The fourth-order valence-electron chi connectivity index (χ4n) is 2.48. The van der Waals surface area contributed by atoms with Crippen molar-refractivity contribution in [1.82, 2.24) is 9.78 Å². The van der Waals surface area contributed by atoms with Crippen LogP contribution >= 0.6 is 23.4 Å². The summed E-state index contributed by atoms with van der Waals surface area (Å²) < 4.78 is 1.95. The molecular formula is C13H22ClN3S. The van der Waals surface area contributed by atoms with E-state index in [1.807, 2.05) is 16.4 Å². The van der Waals surface area contributed by atoms with E-state index in [0.29, 0.717) is 11.1 Å². The molecule has 0 saturated heterocycles. The van der Waals surface area contributed by atoms with Crippen molar-refractivity contribution in [1.29, 1.82) is 0 Å². The molecule has 1 heterocycles. The Morgan fingerprint density at radius 2 is 2.17 bits per heavy atom. The first-order valence-corrected chi connectivity index (χ1v) is 8.12. The predicted molar refractivity (Wildman–Crippen MR) is 79.3 cm³/mol. The summed E-state index contributed by atoms with van der Waals surface area (Å²) in [6.07, 6.45) is 7.13. The van der Waals surface area contributed by atoms with E-state index in [-0.39, 0.29) is 6.04 Å². The molecule has 2 rings (SSSR count). The van der Waals surface area contributed by atoms with E-state index in [9.17, 15) is 0 Å². The Labute approximate surface area is 118 Å². The third-order valence-electron chi connectivity index (χ3n) is 3.44. The first-order valence-electron chi connectivity index (χ1n) is 6.69. The number of thioether (sulfide) groups is 1. The number of hydrogen-bond donors (Lipinski definition) is 1. The van der Waals surface area contributed by atoms with Crippen molar-refractivity contribution in [3.05, 3.63) is 16.9 Å². The second-order valence-corrected chi connectivity index (χ2v) is 7.00. The predicted octanol–water partition coefficient (Wildman–Crippen LogP) is 3.79. The minimum Gasteiger partial charge on any atom is -0.322 e. The maximum Gasteiger partial charge on any atom is 0.0834 e. The van der Waals surface area contributed by atoms with Crippen molar-refractivity contribution in [3.63, 3.8) is 0 Å². The summed E-state index contributed by atoms with van der Waals surface area (Å²) >= 11 is 8.20. The summed E-state index contributed by atoms with van der Waals surface area (Å²) in [6, 6.07) is 0.281. The molecule has 0 amide bonds. The van der Waals surface area contributed by atoms with Gasteiger partial charge >= 0.3 is 0 Å². The van der Waals surface area contributed by atoms with Crippen LogP contribution < -0.4 is 5.73 Å². The number of nitrogens with zero attached hydrogens (tertiary/aromatic N) is 2. The maximum absolute atomic E-state index is 6.29. The lowest BCUT2D eigenvalue weighted by Gasteiger charge is -2.18. The Hall–Kier alpha value is -0.190. The molecule has 0 bridgehead atoms. The van der Waals surface area contributed by atoms with Gasteiger partial charge < -0.3 is 5.73 Å². The van der Waals surface area contributed by atoms with Crippen LogP contribution in [0.1, 0.15) is 57.3 Å². The van der Waals surface area contributed by atoms with Crippen LogP contribution in [0.25, 0.3) is 0 Å². The third kappa shape index (κ3) is 3.22. The molecule has 0 aliphatic heterocycles. The first kappa shape index (κ1) is 14.2. The van der Waals surface area contributed by atoms with Crippen LogP contribution in [0, 0.1) is 0 Å². The van der Waals surface area contributed by atoms with E-state index in [1.54, 1.807) is 6.20 Å². The van der Waals surface area contributed by atoms with Gasteiger partial charge in [-0.3, -0.25) is 4.68 Å². The Kier molecular flexibility index (Phi) is 4.98. The van der Waals surface area contributed by atoms with Gasteiger partial charge in [-0.05, 0) is 26.7 Å². The zero-order valence-electron chi connectivity index (χ0n) is 11.1. The molecule has 0 radical (unpaired) electrons. The smallest absolute Gasteiger partial charge is 0.0834 e. The van der Waals surface area contributed by atoms with E-state index in [2.05, 4.69) is 18.9 Å². The number of rotatable bonds is 5. The van der Waals surface area contributed by atoms with E-state index >= 15 is 0 Å². The average molecular weight is 288 g/mol. The average Bonchev–Trinajstić information content (AvgIpc) is 2.94. The lowest BCUT2D eigenvalue weighted by Crippen LogP contribution is -2.21. The zero-order valence-corrected chi connectivity index (χ0v) is 12.7. The van der Waals surface area contributed by atoms with Gasteiger partial charge in [0.1, 0.15) is 0 Å². The van der Waals surface area contributed by atoms with E-state index in [4.69, 9.17) is 17.3 Å². The molecule has 3 nitrogen and oxygen atoms in total. The van der Waals surface area contributed by atoms with Crippen LogP contribution in [0.15, 0.2) is 6.20 Å². The molecule has 0 aromatic carbocycles. The number of hydrogen-bond acceptors (Lipinski definition) is 3. The number of halogens is 1. The third-order valence-corrected chi connectivity index (χ3v) is 5.23. The minimum absolute atomic E-state index is 0.0204. The minimum atomic E-state index is -0.0204. The molecule has 1 fully saturated rings. The molecule has 1 aliphatic carbocycles. The zero-order chi connectivity index (χ0) is 13.1. The molecule has 1 saturated carbocycles. The molecule has 102 valence electrons. The highest BCUT2D eigenvalue weighted by atomic mass is 35.5. The molecular weight excluding hydrogens is 266 g/mol. The van der Waals surface area contributed by atoms with Gasteiger partial charge in [0.2, 0.25) is 0 Å². The second-order valence-electron chi connectivity index (χ2n) is 5.26. The van der Waals surface area contributed by atoms with Gasteiger partial charge in [-0.25, -0.2) is 0 Å². The van der Waals surface area contributed by atoms with Gasteiger partial charge in [-0.2, -0.15) is 16.9 Å². The molecule has 2 N–H and O–H groups in total. The highest BCUT2D eigenvalue weighted by Crippen LogP contribution is 2.33. The molecule has 1 atom stereocenters. The van der Waals surface area contributed by atoms with Crippen LogP contribution in [0.4, 0.5) is 0 Å². The van der Waals surface area contributed by atoms with Gasteiger partial charge in [-0.15, -0.1) is 0 Å². The monoisotopic (exact) mass is 287 g/mol. The number of nitrogens with two attached hydrogens (primary N) is 1. The summed E-state index contributed by atoms with van der Waals surface area (Å²) in [4.78, 5) is 0. The highest BCUT2D eigenvalue weighted by Gasteiger charge is 2.21. The molecule has 1 aromatic heterocycles. The van der Waals surface area contributed by atoms with Crippen molar-refractivity contribution >= 4 is 23.4 Å². The second kappa shape index (κ2) is 6.31. The molecule has 5 heteroatoms. The first-order chi connectivity index (χ1) is 8.59. The normalized spacial score (nSPS) is 18.7. The van der Waals surface area contributed by atoms with Crippen molar-refractivity contribution < 1.29 is 0 Å². The van der Waals surface area contributed by atoms with Crippen molar-refractivity contribution in [2.45, 2.75) is 56.9 Å². The quantitative estimate of drug-likeness (QED) is 0.896. The fourth-order valence-corrected chi connectivity index (χ4v) is 4.06. The standard InChI is InChI=1S/C13H22ClN3S/c1-9(2)17-13(11(14)7-16-17)12(15)8-18-10-5-3-4-6-10/h7,9-10,12H,3-6,8,15H2,1-2H3. The van der Waals surface area contributed by atoms with E-state index in [0.717, 1.165) is 16.7 Å². The molecule has 1 aliphatic rings. The summed E-state index contributed by atoms with van der Waals surface area (Å²) in [7, 11) is 0. The van der Waals surface area contributed by atoms with Crippen molar-refractivity contribution in [2.24, 2.45) is 5.73 Å². The van der Waals surface area contributed by atoms with Crippen LogP contribution in [-0.2, 0) is 0 Å². The Morgan fingerprint density at radius 1 is 1.50 bits per heavy atom. The number of aromatic nitrogens is 2. The SMILES string of the molecule is CC(C)n1ncc(Cl)c1C(N)CSC1CCCC1. The van der Waals surface area contributed by atoms with Gasteiger partial charge in [0.25, 0.3) is 0 Å². The van der Waals surface area contributed by atoms with Crippen LogP contribution in [0.5, 0.6) is 0 Å². The largest absolute Gasteiger partial charge is 0.322 e. The fraction of sp³-hybridized carbons (Fsp3) is 0.769. The Bertz CT molecular complexity index is 386. The Balaban J connectivity index is 1.98. The van der Waals surface area contributed by atoms with Crippen LogP contribution in [0.3, 0.4) is 0 Å². The van der Waals surface area contributed by atoms with Crippen LogP contribution in [-0.4, -0.2) is 20.8 Å². The molecule has 0 spiro atoms. The van der Waals surface area contributed by atoms with E-state index in [1.165, 1.54) is 25.7 Å².